The van der Waals surface area contributed by atoms with E-state index in [0.29, 0.717) is 6.54 Å². The number of nitro benzene ring substituents is 1. The average molecular weight is 300 g/mol. The van der Waals surface area contributed by atoms with Gasteiger partial charge in [-0.25, -0.2) is 0 Å². The summed E-state index contributed by atoms with van der Waals surface area (Å²) in [5, 5.41) is 10.7. The maximum Gasteiger partial charge on any atom is 0.269 e. The summed E-state index contributed by atoms with van der Waals surface area (Å²) in [4.78, 5) is 12.7. The van der Waals surface area contributed by atoms with Gasteiger partial charge in [0.2, 0.25) is 0 Å². The Balaban J connectivity index is 0.00000200. The Morgan fingerprint density at radius 2 is 2.20 bits per heavy atom. The van der Waals surface area contributed by atoms with Crippen LogP contribution in [0.1, 0.15) is 24.5 Å². The van der Waals surface area contributed by atoms with Gasteiger partial charge >= 0.3 is 0 Å². The van der Waals surface area contributed by atoms with Crippen molar-refractivity contribution in [1.82, 2.24) is 4.90 Å². The zero-order valence-electron chi connectivity index (χ0n) is 12.0. The number of benzene rings is 1. The molecule has 0 aromatic heterocycles. The van der Waals surface area contributed by atoms with Gasteiger partial charge < -0.3 is 5.73 Å². The van der Waals surface area contributed by atoms with Crippen LogP contribution in [0.3, 0.4) is 0 Å². The van der Waals surface area contributed by atoms with Gasteiger partial charge in [-0.3, -0.25) is 15.0 Å². The quantitative estimate of drug-likeness (QED) is 0.685. The van der Waals surface area contributed by atoms with Gasteiger partial charge in [-0.1, -0.05) is 13.0 Å². The van der Waals surface area contributed by atoms with Crippen molar-refractivity contribution in [3.63, 3.8) is 0 Å². The summed E-state index contributed by atoms with van der Waals surface area (Å²) in [7, 11) is 0. The van der Waals surface area contributed by atoms with Crippen molar-refractivity contribution in [3.8, 4) is 0 Å². The fraction of sp³-hybridized carbons (Fsp3) is 0.571. The SMILES string of the molecule is Cc1cc([N+](=O)[O-])ccc1CN1CCC(C)(CN)C1.Cl. The van der Waals surface area contributed by atoms with Crippen molar-refractivity contribution >= 4 is 18.1 Å². The average Bonchev–Trinajstić information content (AvgIpc) is 2.74. The van der Waals surface area contributed by atoms with Crippen molar-refractivity contribution < 1.29 is 4.92 Å². The molecule has 1 aromatic rings. The van der Waals surface area contributed by atoms with Gasteiger partial charge in [0.1, 0.15) is 0 Å². The Bertz CT molecular complexity index is 495. The molecular weight excluding hydrogens is 278 g/mol. The van der Waals surface area contributed by atoms with Crippen molar-refractivity contribution in [2.75, 3.05) is 19.6 Å². The highest BCUT2D eigenvalue weighted by atomic mass is 35.5. The molecule has 0 saturated carbocycles. The molecule has 0 radical (unpaired) electrons. The number of hydrogen-bond acceptors (Lipinski definition) is 4. The molecule has 0 bridgehead atoms. The maximum atomic E-state index is 10.7. The van der Waals surface area contributed by atoms with Crippen molar-refractivity contribution in [2.45, 2.75) is 26.8 Å². The van der Waals surface area contributed by atoms with E-state index in [1.165, 1.54) is 0 Å². The molecule has 1 atom stereocenters. The number of likely N-dealkylation sites (tertiary alicyclic amines) is 1. The van der Waals surface area contributed by atoms with Crippen molar-refractivity contribution in [3.05, 3.63) is 39.4 Å². The van der Waals surface area contributed by atoms with E-state index < -0.39 is 0 Å². The van der Waals surface area contributed by atoms with E-state index in [4.69, 9.17) is 5.73 Å². The third-order valence-electron chi connectivity index (χ3n) is 4.06. The summed E-state index contributed by atoms with van der Waals surface area (Å²) >= 11 is 0. The third-order valence-corrected chi connectivity index (χ3v) is 4.06. The predicted octanol–water partition coefficient (Wildman–Crippen LogP) is 2.50. The molecule has 112 valence electrons. The molecule has 2 N–H and O–H groups in total. The topological polar surface area (TPSA) is 72.4 Å². The molecule has 0 aliphatic carbocycles. The first-order valence-corrected chi connectivity index (χ1v) is 6.60. The Labute approximate surface area is 125 Å². The Morgan fingerprint density at radius 3 is 2.70 bits per heavy atom. The second-order valence-electron chi connectivity index (χ2n) is 5.84. The summed E-state index contributed by atoms with van der Waals surface area (Å²) in [6, 6.07) is 5.10. The Morgan fingerprint density at radius 1 is 1.50 bits per heavy atom. The molecule has 2 rings (SSSR count). The predicted molar refractivity (Wildman–Crippen MR) is 82.1 cm³/mol. The van der Waals surface area contributed by atoms with Gasteiger partial charge in [0, 0.05) is 25.2 Å². The molecule has 5 nitrogen and oxygen atoms in total. The van der Waals surface area contributed by atoms with Gasteiger partial charge in [-0.05, 0) is 43.0 Å². The molecule has 1 aliphatic rings. The lowest BCUT2D eigenvalue weighted by Gasteiger charge is -2.23. The third kappa shape index (κ3) is 3.69. The van der Waals surface area contributed by atoms with Gasteiger partial charge in [0.05, 0.1) is 4.92 Å². The molecule has 20 heavy (non-hydrogen) atoms. The number of rotatable bonds is 4. The molecule has 1 aromatic carbocycles. The van der Waals surface area contributed by atoms with E-state index in [1.807, 2.05) is 13.0 Å². The van der Waals surface area contributed by atoms with Crippen LogP contribution in [0, 0.1) is 22.5 Å². The molecule has 1 unspecified atom stereocenters. The van der Waals surface area contributed by atoms with Gasteiger partial charge in [0.25, 0.3) is 5.69 Å². The Kier molecular flexibility index (Phi) is 5.50. The zero-order chi connectivity index (χ0) is 14.0. The minimum absolute atomic E-state index is 0. The summed E-state index contributed by atoms with van der Waals surface area (Å²) in [6.45, 7) is 7.75. The van der Waals surface area contributed by atoms with Crippen LogP contribution in [0.4, 0.5) is 5.69 Å². The number of halogens is 1. The molecule has 1 aliphatic heterocycles. The molecule has 1 fully saturated rings. The molecule has 6 heteroatoms. The maximum absolute atomic E-state index is 10.7. The lowest BCUT2D eigenvalue weighted by atomic mass is 9.90. The molecule has 0 spiro atoms. The van der Waals surface area contributed by atoms with E-state index >= 15 is 0 Å². The molecule has 0 amide bonds. The van der Waals surface area contributed by atoms with E-state index in [2.05, 4.69) is 11.8 Å². The van der Waals surface area contributed by atoms with E-state index in [-0.39, 0.29) is 28.4 Å². The minimum Gasteiger partial charge on any atom is -0.330 e. The number of hydrogen-bond donors (Lipinski definition) is 1. The van der Waals surface area contributed by atoms with E-state index in [1.54, 1.807) is 12.1 Å². The van der Waals surface area contributed by atoms with Crippen LogP contribution in [0.25, 0.3) is 0 Å². The fourth-order valence-electron chi connectivity index (χ4n) is 2.64. The molecular formula is C14H22ClN3O2. The highest BCUT2D eigenvalue weighted by molar-refractivity contribution is 5.85. The van der Waals surface area contributed by atoms with E-state index in [9.17, 15) is 10.1 Å². The lowest BCUT2D eigenvalue weighted by Crippen LogP contribution is -2.31. The number of non-ortho nitro benzene ring substituents is 1. The standard InChI is InChI=1S/C14H21N3O2.ClH/c1-11-7-13(17(18)19)4-3-12(11)8-16-6-5-14(2,9-15)10-16;/h3-4,7H,5-6,8-10,15H2,1-2H3;1H. The second-order valence-corrected chi connectivity index (χ2v) is 5.84. The van der Waals surface area contributed by atoms with Crippen LogP contribution >= 0.6 is 12.4 Å². The lowest BCUT2D eigenvalue weighted by molar-refractivity contribution is -0.384. The van der Waals surface area contributed by atoms with Crippen molar-refractivity contribution in [2.24, 2.45) is 11.1 Å². The molecule has 1 saturated heterocycles. The number of aryl methyl sites for hydroxylation is 1. The van der Waals surface area contributed by atoms with Crippen LogP contribution in [0.15, 0.2) is 18.2 Å². The van der Waals surface area contributed by atoms with E-state index in [0.717, 1.165) is 37.2 Å². The van der Waals surface area contributed by atoms with Crippen LogP contribution in [-0.4, -0.2) is 29.5 Å². The van der Waals surface area contributed by atoms with Crippen LogP contribution in [-0.2, 0) is 6.54 Å². The van der Waals surface area contributed by atoms with Gasteiger partial charge in [0.15, 0.2) is 0 Å². The fourth-order valence-corrected chi connectivity index (χ4v) is 2.64. The van der Waals surface area contributed by atoms with Crippen LogP contribution < -0.4 is 5.73 Å². The second kappa shape index (κ2) is 6.52. The largest absolute Gasteiger partial charge is 0.330 e. The number of nitrogens with two attached hydrogens (primary N) is 1. The summed E-state index contributed by atoms with van der Waals surface area (Å²) in [5.41, 5.74) is 8.32. The Hall–Kier alpha value is -1.17. The number of nitrogens with zero attached hydrogens (tertiary/aromatic N) is 2. The van der Waals surface area contributed by atoms with Gasteiger partial charge in [-0.15, -0.1) is 12.4 Å². The monoisotopic (exact) mass is 299 g/mol. The smallest absolute Gasteiger partial charge is 0.269 e. The van der Waals surface area contributed by atoms with Gasteiger partial charge in [-0.2, -0.15) is 0 Å². The first-order valence-electron chi connectivity index (χ1n) is 6.60. The van der Waals surface area contributed by atoms with Crippen LogP contribution in [0.5, 0.6) is 0 Å². The normalized spacial score (nSPS) is 22.6. The first-order chi connectivity index (χ1) is 8.93. The zero-order valence-corrected chi connectivity index (χ0v) is 12.8. The number of nitro groups is 1. The van der Waals surface area contributed by atoms with Crippen LogP contribution in [0.2, 0.25) is 0 Å². The summed E-state index contributed by atoms with van der Waals surface area (Å²) < 4.78 is 0. The first kappa shape index (κ1) is 16.9. The van der Waals surface area contributed by atoms with Crippen molar-refractivity contribution in [1.29, 1.82) is 0 Å². The molecule has 1 heterocycles. The minimum atomic E-state index is -0.349. The summed E-state index contributed by atoms with van der Waals surface area (Å²) in [5.74, 6) is 0. The highest BCUT2D eigenvalue weighted by Crippen LogP contribution is 2.30. The highest BCUT2D eigenvalue weighted by Gasteiger charge is 2.32. The summed E-state index contributed by atoms with van der Waals surface area (Å²) in [6.07, 6.45) is 1.12.